The predicted octanol–water partition coefficient (Wildman–Crippen LogP) is 4.34. The Bertz CT molecular complexity index is 395. The minimum Gasteiger partial charge on any atom is -0.197 e. The Kier molecular flexibility index (Phi) is 5.36. The lowest BCUT2D eigenvalue weighted by atomic mass is 9.81. The van der Waals surface area contributed by atoms with E-state index in [0.29, 0.717) is 0 Å². The van der Waals surface area contributed by atoms with Crippen LogP contribution in [0.1, 0.15) is 25.7 Å². The van der Waals surface area contributed by atoms with Gasteiger partial charge in [0.25, 0.3) is 0 Å². The van der Waals surface area contributed by atoms with Gasteiger partial charge in [0.2, 0.25) is 0 Å². The quantitative estimate of drug-likeness (QED) is 0.709. The molecule has 0 atom stereocenters. The number of halogens is 8. The van der Waals surface area contributed by atoms with Crippen LogP contribution < -0.4 is 0 Å². The summed E-state index contributed by atoms with van der Waals surface area (Å²) >= 11 is 0. The molecule has 0 N–H and O–H groups in total. The fraction of sp³-hybridized carbons (Fsp3) is 0.800. The average Bonchev–Trinajstić information content (AvgIpc) is 2.27. The Morgan fingerprint density at radius 1 is 0.650 bits per heavy atom. The molecule has 0 bridgehead atoms. The van der Waals surface area contributed by atoms with E-state index in [2.05, 4.69) is 0 Å². The minimum absolute atomic E-state index is 1.10. The van der Waals surface area contributed by atoms with Crippen molar-refractivity contribution in [3.05, 3.63) is 0 Å². The lowest BCUT2D eigenvalue weighted by Crippen LogP contribution is -2.37. The first-order valence-corrected chi connectivity index (χ1v) is 5.12. The van der Waals surface area contributed by atoms with Crippen LogP contribution in [0.4, 0.5) is 35.1 Å². The summed E-state index contributed by atoms with van der Waals surface area (Å²) in [6, 6.07) is 2.20. The summed E-state index contributed by atoms with van der Waals surface area (Å²) in [6.07, 6.45) is -16.6. The van der Waals surface area contributed by atoms with Gasteiger partial charge in [-0.1, -0.05) is 0 Å². The lowest BCUT2D eigenvalue weighted by Gasteiger charge is -2.24. The summed E-state index contributed by atoms with van der Waals surface area (Å²) in [5, 5.41) is 17.2. The van der Waals surface area contributed by atoms with Crippen molar-refractivity contribution in [1.29, 1.82) is 10.5 Å². The topological polar surface area (TPSA) is 47.6 Å². The van der Waals surface area contributed by atoms with Crippen molar-refractivity contribution in [1.82, 2.24) is 0 Å². The predicted molar refractivity (Wildman–Crippen MR) is 49.2 cm³/mol. The molecule has 0 aliphatic carbocycles. The molecule has 0 saturated heterocycles. The maximum atomic E-state index is 12.6. The van der Waals surface area contributed by atoms with Crippen LogP contribution in [0.15, 0.2) is 0 Å². The molecule has 0 rings (SSSR count). The molecule has 0 spiro atoms. The fourth-order valence-electron chi connectivity index (χ4n) is 1.24. The van der Waals surface area contributed by atoms with Gasteiger partial charge in [0.15, 0.2) is 0 Å². The number of hydrogen-bond donors (Lipinski definition) is 0. The third-order valence-corrected chi connectivity index (χ3v) is 2.54. The first kappa shape index (κ1) is 18.4. The standard InChI is InChI=1S/C10H8F8N2/c11-8(12,10(16,17)18)3-1-7(5-19,6-20)2-4-9(13,14)15/h1-4H2. The smallest absolute Gasteiger partial charge is 0.197 e. The van der Waals surface area contributed by atoms with Gasteiger partial charge in [-0.25, -0.2) is 0 Å². The third-order valence-electron chi connectivity index (χ3n) is 2.54. The molecule has 0 aliphatic heterocycles. The third kappa shape index (κ3) is 5.19. The highest BCUT2D eigenvalue weighted by Gasteiger charge is 2.57. The van der Waals surface area contributed by atoms with Gasteiger partial charge in [0, 0.05) is 12.8 Å². The molecular weight excluding hydrogens is 300 g/mol. The van der Waals surface area contributed by atoms with E-state index in [1.165, 1.54) is 0 Å². The average molecular weight is 308 g/mol. The van der Waals surface area contributed by atoms with E-state index in [-0.39, 0.29) is 0 Å². The van der Waals surface area contributed by atoms with Gasteiger partial charge in [-0.2, -0.15) is 45.6 Å². The summed E-state index contributed by atoms with van der Waals surface area (Å²) in [5.74, 6) is -5.16. The molecule has 10 heteroatoms. The Morgan fingerprint density at radius 2 is 1.05 bits per heavy atom. The number of nitrogens with zero attached hydrogens (tertiary/aromatic N) is 2. The zero-order chi connectivity index (χ0) is 16.2. The van der Waals surface area contributed by atoms with Crippen molar-refractivity contribution in [3.8, 4) is 12.1 Å². The van der Waals surface area contributed by atoms with Crippen molar-refractivity contribution < 1.29 is 35.1 Å². The molecule has 0 aromatic rings. The van der Waals surface area contributed by atoms with E-state index in [1.807, 2.05) is 0 Å². The molecule has 0 heterocycles. The van der Waals surface area contributed by atoms with E-state index >= 15 is 0 Å². The highest BCUT2D eigenvalue weighted by Crippen LogP contribution is 2.43. The van der Waals surface area contributed by atoms with Gasteiger partial charge >= 0.3 is 18.3 Å². The first-order chi connectivity index (χ1) is 8.79. The highest BCUT2D eigenvalue weighted by molar-refractivity contribution is 5.14. The van der Waals surface area contributed by atoms with Gasteiger partial charge in [-0.3, -0.25) is 0 Å². The molecule has 0 fully saturated rings. The molecule has 0 radical (unpaired) electrons. The second-order valence-corrected chi connectivity index (χ2v) is 4.12. The maximum Gasteiger partial charge on any atom is 0.453 e. The van der Waals surface area contributed by atoms with Crippen LogP contribution in [0.5, 0.6) is 0 Å². The highest BCUT2D eigenvalue weighted by atomic mass is 19.4. The van der Waals surface area contributed by atoms with Gasteiger partial charge in [0.1, 0.15) is 5.41 Å². The van der Waals surface area contributed by atoms with Gasteiger partial charge in [-0.05, 0) is 12.8 Å². The van der Waals surface area contributed by atoms with E-state index in [0.717, 1.165) is 12.1 Å². The summed E-state index contributed by atoms with van der Waals surface area (Å²) in [7, 11) is 0. The summed E-state index contributed by atoms with van der Waals surface area (Å²) in [6.45, 7) is 0. The van der Waals surface area contributed by atoms with Gasteiger partial charge < -0.3 is 0 Å². The van der Waals surface area contributed by atoms with Crippen LogP contribution in [0.25, 0.3) is 0 Å². The molecule has 2 nitrogen and oxygen atoms in total. The van der Waals surface area contributed by atoms with Gasteiger partial charge in [-0.15, -0.1) is 0 Å². The van der Waals surface area contributed by atoms with Gasteiger partial charge in [0.05, 0.1) is 12.1 Å². The molecule has 114 valence electrons. The van der Waals surface area contributed by atoms with Crippen molar-refractivity contribution in [3.63, 3.8) is 0 Å². The minimum atomic E-state index is -5.88. The molecule has 0 unspecified atom stereocenters. The van der Waals surface area contributed by atoms with Crippen LogP contribution in [-0.2, 0) is 0 Å². The molecule has 20 heavy (non-hydrogen) atoms. The molecule has 0 amide bonds. The Labute approximate surface area is 108 Å². The lowest BCUT2D eigenvalue weighted by molar-refractivity contribution is -0.285. The molecule has 0 aromatic carbocycles. The number of alkyl halides is 8. The van der Waals surface area contributed by atoms with Crippen LogP contribution in [0, 0.1) is 28.1 Å². The molecule has 0 aromatic heterocycles. The monoisotopic (exact) mass is 308 g/mol. The second-order valence-electron chi connectivity index (χ2n) is 4.12. The van der Waals surface area contributed by atoms with E-state index in [1.54, 1.807) is 0 Å². The van der Waals surface area contributed by atoms with E-state index in [4.69, 9.17) is 10.5 Å². The Balaban J connectivity index is 4.90. The summed E-state index contributed by atoms with van der Waals surface area (Å²) in [5.41, 5.74) is -2.52. The van der Waals surface area contributed by atoms with E-state index in [9.17, 15) is 35.1 Å². The molecule has 0 aliphatic rings. The van der Waals surface area contributed by atoms with Crippen LogP contribution in [-0.4, -0.2) is 18.3 Å². The Hall–Kier alpha value is -1.58. The van der Waals surface area contributed by atoms with Crippen molar-refractivity contribution >= 4 is 0 Å². The zero-order valence-corrected chi connectivity index (χ0v) is 9.75. The van der Waals surface area contributed by atoms with Crippen LogP contribution in [0.3, 0.4) is 0 Å². The van der Waals surface area contributed by atoms with E-state index < -0.39 is 49.4 Å². The maximum absolute atomic E-state index is 12.6. The second kappa shape index (κ2) is 5.81. The normalized spacial score (nSPS) is 13.7. The number of nitriles is 2. The number of rotatable bonds is 5. The zero-order valence-electron chi connectivity index (χ0n) is 9.75. The first-order valence-electron chi connectivity index (χ1n) is 5.12. The summed E-state index contributed by atoms with van der Waals surface area (Å²) < 4.78 is 96.9. The molecule has 0 saturated carbocycles. The fourth-order valence-corrected chi connectivity index (χ4v) is 1.24. The largest absolute Gasteiger partial charge is 0.453 e. The number of hydrogen-bond acceptors (Lipinski definition) is 2. The molecular formula is C10H8F8N2. The summed E-state index contributed by atoms with van der Waals surface area (Å²) in [4.78, 5) is 0. The van der Waals surface area contributed by atoms with Crippen LogP contribution >= 0.6 is 0 Å². The Morgan fingerprint density at radius 3 is 1.35 bits per heavy atom. The van der Waals surface area contributed by atoms with Crippen molar-refractivity contribution in [2.24, 2.45) is 5.41 Å². The van der Waals surface area contributed by atoms with Crippen LogP contribution in [0.2, 0.25) is 0 Å². The SMILES string of the molecule is N#CC(C#N)(CCC(F)(F)F)CCC(F)(F)C(F)(F)F. The van der Waals surface area contributed by atoms with Crippen molar-refractivity contribution in [2.75, 3.05) is 0 Å². The van der Waals surface area contributed by atoms with Crippen molar-refractivity contribution in [2.45, 2.75) is 44.0 Å².